The molecule has 23 heavy (non-hydrogen) atoms. The molecular formula is C21H36O2. The molecule has 0 amide bonds. The first-order valence-electron chi connectivity index (χ1n) is 9.56. The largest absolute Gasteiger partial charge is 0.392 e. The standard InChI is InChI=1S/C21H36O2/c1-3-4-5-6-7-8-9-10-11-12-19(2)23-18-21-15-13-20(17-22)14-16-21/h13-16,19,22H,3-12,17-18H2,1-2H3. The molecular weight excluding hydrogens is 284 g/mol. The van der Waals surface area contributed by atoms with Crippen LogP contribution in [0, 0.1) is 0 Å². The summed E-state index contributed by atoms with van der Waals surface area (Å²) in [5, 5.41) is 9.03. The fourth-order valence-corrected chi connectivity index (χ4v) is 2.81. The van der Waals surface area contributed by atoms with Crippen LogP contribution in [0.15, 0.2) is 24.3 Å². The summed E-state index contributed by atoms with van der Waals surface area (Å²) >= 11 is 0. The van der Waals surface area contributed by atoms with Crippen molar-refractivity contribution in [1.29, 1.82) is 0 Å². The van der Waals surface area contributed by atoms with E-state index >= 15 is 0 Å². The van der Waals surface area contributed by atoms with E-state index in [0.29, 0.717) is 12.7 Å². The molecule has 1 aromatic carbocycles. The maximum absolute atomic E-state index is 9.03. The van der Waals surface area contributed by atoms with Gasteiger partial charge in [-0.2, -0.15) is 0 Å². The van der Waals surface area contributed by atoms with Gasteiger partial charge in [-0.3, -0.25) is 0 Å². The van der Waals surface area contributed by atoms with Crippen LogP contribution in [0.3, 0.4) is 0 Å². The van der Waals surface area contributed by atoms with E-state index in [0.717, 1.165) is 12.0 Å². The summed E-state index contributed by atoms with van der Waals surface area (Å²) in [6.45, 7) is 5.22. The quantitative estimate of drug-likeness (QED) is 0.426. The van der Waals surface area contributed by atoms with Gasteiger partial charge in [0.05, 0.1) is 19.3 Å². The summed E-state index contributed by atoms with van der Waals surface area (Å²) in [6, 6.07) is 8.00. The molecule has 132 valence electrons. The Hall–Kier alpha value is -0.860. The molecule has 0 aliphatic heterocycles. The Bertz CT molecular complexity index is 372. The lowest BCUT2D eigenvalue weighted by atomic mass is 10.1. The number of hydrogen-bond donors (Lipinski definition) is 1. The molecule has 2 nitrogen and oxygen atoms in total. The van der Waals surface area contributed by atoms with Crippen LogP contribution in [0.1, 0.15) is 89.2 Å². The number of aliphatic hydroxyl groups excluding tert-OH is 1. The van der Waals surface area contributed by atoms with Gasteiger partial charge in [-0.15, -0.1) is 0 Å². The van der Waals surface area contributed by atoms with E-state index in [9.17, 15) is 0 Å². The maximum atomic E-state index is 9.03. The average molecular weight is 321 g/mol. The topological polar surface area (TPSA) is 29.5 Å². The first-order chi connectivity index (χ1) is 11.3. The number of rotatable bonds is 14. The molecule has 0 bridgehead atoms. The van der Waals surface area contributed by atoms with Gasteiger partial charge in [0.2, 0.25) is 0 Å². The fourth-order valence-electron chi connectivity index (χ4n) is 2.81. The van der Waals surface area contributed by atoms with Crippen LogP contribution in [0.25, 0.3) is 0 Å². The first kappa shape index (κ1) is 20.2. The van der Waals surface area contributed by atoms with Gasteiger partial charge in [-0.1, -0.05) is 89.0 Å². The molecule has 0 saturated heterocycles. The molecule has 1 unspecified atom stereocenters. The number of aliphatic hydroxyl groups is 1. The minimum atomic E-state index is 0.107. The number of ether oxygens (including phenoxy) is 1. The number of benzene rings is 1. The second-order valence-electron chi connectivity index (χ2n) is 6.71. The Kier molecular flexibility index (Phi) is 11.9. The third-order valence-corrected chi connectivity index (χ3v) is 4.45. The molecule has 1 atom stereocenters. The van der Waals surface area contributed by atoms with Crippen molar-refractivity contribution in [2.75, 3.05) is 0 Å². The van der Waals surface area contributed by atoms with E-state index in [1.807, 2.05) is 24.3 Å². The second kappa shape index (κ2) is 13.6. The highest BCUT2D eigenvalue weighted by atomic mass is 16.5. The minimum absolute atomic E-state index is 0.107. The summed E-state index contributed by atoms with van der Waals surface area (Å²) in [4.78, 5) is 0. The van der Waals surface area contributed by atoms with Crippen LogP contribution in [-0.4, -0.2) is 11.2 Å². The molecule has 0 heterocycles. The van der Waals surface area contributed by atoms with E-state index in [-0.39, 0.29) is 6.61 Å². The maximum Gasteiger partial charge on any atom is 0.0720 e. The minimum Gasteiger partial charge on any atom is -0.392 e. The highest BCUT2D eigenvalue weighted by Crippen LogP contribution is 2.13. The fraction of sp³-hybridized carbons (Fsp3) is 0.714. The highest BCUT2D eigenvalue weighted by molar-refractivity contribution is 5.21. The molecule has 0 fully saturated rings. The SMILES string of the molecule is CCCCCCCCCCCC(C)OCc1ccc(CO)cc1. The smallest absolute Gasteiger partial charge is 0.0720 e. The zero-order valence-electron chi connectivity index (χ0n) is 15.2. The monoisotopic (exact) mass is 320 g/mol. The summed E-state index contributed by atoms with van der Waals surface area (Å²) in [5.74, 6) is 0. The molecule has 0 aliphatic carbocycles. The Morgan fingerprint density at radius 2 is 1.35 bits per heavy atom. The zero-order valence-corrected chi connectivity index (χ0v) is 15.2. The summed E-state index contributed by atoms with van der Waals surface area (Å²) in [7, 11) is 0. The van der Waals surface area contributed by atoms with Gasteiger partial charge in [0, 0.05) is 0 Å². The van der Waals surface area contributed by atoms with Gasteiger partial charge in [0.25, 0.3) is 0 Å². The molecule has 1 rings (SSSR count). The Labute approximate surface area is 143 Å². The highest BCUT2D eigenvalue weighted by Gasteiger charge is 2.03. The average Bonchev–Trinajstić information content (AvgIpc) is 2.59. The van der Waals surface area contributed by atoms with Crippen molar-refractivity contribution in [2.24, 2.45) is 0 Å². The Morgan fingerprint density at radius 3 is 1.91 bits per heavy atom. The van der Waals surface area contributed by atoms with Gasteiger partial charge >= 0.3 is 0 Å². The molecule has 1 aromatic rings. The zero-order chi connectivity index (χ0) is 16.8. The van der Waals surface area contributed by atoms with Crippen LogP contribution in [0.5, 0.6) is 0 Å². The van der Waals surface area contributed by atoms with Crippen LogP contribution in [0.4, 0.5) is 0 Å². The van der Waals surface area contributed by atoms with Crippen molar-refractivity contribution in [3.05, 3.63) is 35.4 Å². The van der Waals surface area contributed by atoms with E-state index < -0.39 is 0 Å². The van der Waals surface area contributed by atoms with Gasteiger partial charge in [0.1, 0.15) is 0 Å². The van der Waals surface area contributed by atoms with Crippen molar-refractivity contribution >= 4 is 0 Å². The first-order valence-corrected chi connectivity index (χ1v) is 9.56. The van der Waals surface area contributed by atoms with Gasteiger partial charge in [0.15, 0.2) is 0 Å². The molecule has 0 aliphatic rings. The normalized spacial score (nSPS) is 12.5. The van der Waals surface area contributed by atoms with Crippen LogP contribution in [0.2, 0.25) is 0 Å². The predicted molar refractivity (Wildman–Crippen MR) is 98.5 cm³/mol. The van der Waals surface area contributed by atoms with Crippen molar-refractivity contribution in [3.63, 3.8) is 0 Å². The van der Waals surface area contributed by atoms with Crippen LogP contribution < -0.4 is 0 Å². The number of hydrogen-bond acceptors (Lipinski definition) is 2. The van der Waals surface area contributed by atoms with E-state index in [1.54, 1.807) is 0 Å². The lowest BCUT2D eigenvalue weighted by Crippen LogP contribution is -2.08. The molecule has 0 spiro atoms. The van der Waals surface area contributed by atoms with E-state index in [1.165, 1.54) is 63.4 Å². The third kappa shape index (κ3) is 10.5. The summed E-state index contributed by atoms with van der Waals surface area (Å²) in [5.41, 5.74) is 2.14. The molecule has 0 radical (unpaired) electrons. The van der Waals surface area contributed by atoms with Gasteiger partial charge in [-0.05, 0) is 24.5 Å². The van der Waals surface area contributed by atoms with Gasteiger partial charge < -0.3 is 9.84 Å². The van der Waals surface area contributed by atoms with Crippen molar-refractivity contribution in [3.8, 4) is 0 Å². The van der Waals surface area contributed by atoms with E-state index in [4.69, 9.17) is 9.84 Å². The Balaban J connectivity index is 1.96. The molecule has 2 heteroatoms. The lowest BCUT2D eigenvalue weighted by Gasteiger charge is -2.13. The van der Waals surface area contributed by atoms with Crippen LogP contribution >= 0.6 is 0 Å². The number of unbranched alkanes of at least 4 members (excludes halogenated alkanes) is 8. The Morgan fingerprint density at radius 1 is 0.826 bits per heavy atom. The molecule has 1 N–H and O–H groups in total. The lowest BCUT2D eigenvalue weighted by molar-refractivity contribution is 0.0458. The van der Waals surface area contributed by atoms with Crippen molar-refractivity contribution in [2.45, 2.75) is 97.4 Å². The van der Waals surface area contributed by atoms with E-state index in [2.05, 4.69) is 13.8 Å². The van der Waals surface area contributed by atoms with Crippen molar-refractivity contribution in [1.82, 2.24) is 0 Å². The third-order valence-electron chi connectivity index (χ3n) is 4.45. The van der Waals surface area contributed by atoms with Crippen molar-refractivity contribution < 1.29 is 9.84 Å². The molecule has 0 saturated carbocycles. The molecule has 0 aromatic heterocycles. The predicted octanol–water partition coefficient (Wildman–Crippen LogP) is 6.00. The second-order valence-corrected chi connectivity index (χ2v) is 6.71. The summed E-state index contributed by atoms with van der Waals surface area (Å²) in [6.07, 6.45) is 13.9. The summed E-state index contributed by atoms with van der Waals surface area (Å²) < 4.78 is 5.91. The van der Waals surface area contributed by atoms with Crippen LogP contribution in [-0.2, 0) is 18.0 Å². The van der Waals surface area contributed by atoms with Gasteiger partial charge in [-0.25, -0.2) is 0 Å².